The zero-order chi connectivity index (χ0) is 22.2. The molecule has 31 heavy (non-hydrogen) atoms. The number of amides is 2. The fourth-order valence-corrected chi connectivity index (χ4v) is 3.61. The second-order valence-corrected chi connectivity index (χ2v) is 7.61. The monoisotopic (exact) mass is 417 g/mol. The Labute approximate surface area is 183 Å². The lowest BCUT2D eigenvalue weighted by atomic mass is 9.98. The molecule has 0 aliphatic carbocycles. The molecule has 0 fully saturated rings. The molecule has 1 aliphatic rings. The van der Waals surface area contributed by atoms with Crippen molar-refractivity contribution < 1.29 is 19.1 Å². The molecule has 0 spiro atoms. The molecule has 2 aromatic rings. The highest BCUT2D eigenvalue weighted by Gasteiger charge is 2.34. The summed E-state index contributed by atoms with van der Waals surface area (Å²) in [4.78, 5) is 38.0. The van der Waals surface area contributed by atoms with Crippen LogP contribution in [0.1, 0.15) is 46.0 Å². The second-order valence-electron chi connectivity index (χ2n) is 7.61. The number of allylic oxidation sites excluding steroid dienone is 2. The number of fused-ring (bicyclic) bond motifs is 1. The Balaban J connectivity index is 1.62. The first-order chi connectivity index (χ1) is 15.0. The van der Waals surface area contributed by atoms with Gasteiger partial charge in [-0.1, -0.05) is 62.0 Å². The van der Waals surface area contributed by atoms with E-state index in [1.807, 2.05) is 43.3 Å². The van der Waals surface area contributed by atoms with Crippen molar-refractivity contribution >= 4 is 17.6 Å². The van der Waals surface area contributed by atoms with Gasteiger partial charge < -0.3 is 4.74 Å². The summed E-state index contributed by atoms with van der Waals surface area (Å²) in [5.41, 5.74) is 1.98. The number of carbonyl (C=O) groups is 3. The van der Waals surface area contributed by atoms with Crippen molar-refractivity contribution in [1.29, 1.82) is 0 Å². The molecule has 0 unspecified atom stereocenters. The molecule has 5 heteroatoms. The van der Waals surface area contributed by atoms with Crippen LogP contribution in [0.2, 0.25) is 0 Å². The van der Waals surface area contributed by atoms with Crippen LogP contribution in [0.25, 0.3) is 0 Å². The van der Waals surface area contributed by atoms with E-state index in [2.05, 4.69) is 6.58 Å². The van der Waals surface area contributed by atoms with E-state index in [-0.39, 0.29) is 29.6 Å². The Hall–Kier alpha value is -3.31. The summed E-state index contributed by atoms with van der Waals surface area (Å²) in [5, 5.41) is 0. The van der Waals surface area contributed by atoms with Crippen LogP contribution in [0.3, 0.4) is 0 Å². The first-order valence-electron chi connectivity index (χ1n) is 10.5. The molecule has 1 aliphatic heterocycles. The Morgan fingerprint density at radius 3 is 2.26 bits per heavy atom. The zero-order valence-electron chi connectivity index (χ0n) is 17.7. The van der Waals surface area contributed by atoms with E-state index in [1.165, 1.54) is 17.1 Å². The number of carbonyl (C=O) groups excluding carboxylic acids is 3. The topological polar surface area (TPSA) is 63.7 Å². The highest BCUT2D eigenvalue weighted by molar-refractivity contribution is 6.21. The molecular weight excluding hydrogens is 390 g/mol. The molecule has 0 bridgehead atoms. The molecule has 1 heterocycles. The lowest BCUT2D eigenvalue weighted by molar-refractivity contribution is -0.110. The molecule has 160 valence electrons. The predicted molar refractivity (Wildman–Crippen MR) is 120 cm³/mol. The quantitative estimate of drug-likeness (QED) is 0.396. The van der Waals surface area contributed by atoms with E-state index < -0.39 is 0 Å². The minimum atomic E-state index is -0.244. The summed E-state index contributed by atoms with van der Waals surface area (Å²) in [7, 11) is 0. The van der Waals surface area contributed by atoms with E-state index in [0.29, 0.717) is 37.1 Å². The number of ether oxygens (including phenoxy) is 1. The van der Waals surface area contributed by atoms with Gasteiger partial charge in [0.25, 0.3) is 11.8 Å². The summed E-state index contributed by atoms with van der Waals surface area (Å²) in [6.45, 7) is 6.26. The summed E-state index contributed by atoms with van der Waals surface area (Å²) < 4.78 is 6.16. The summed E-state index contributed by atoms with van der Waals surface area (Å²) in [6, 6.07) is 16.8. The minimum absolute atomic E-state index is 0.0187. The molecule has 0 saturated carbocycles. The molecule has 5 nitrogen and oxygen atoms in total. The van der Waals surface area contributed by atoms with Crippen LogP contribution in [-0.2, 0) is 16.1 Å². The SMILES string of the molecule is C=CC(=O)/C=C\[C@H](C)[C@@H](CCCN1C(=O)c2ccccc2C1=O)OCc1ccccc1. The van der Waals surface area contributed by atoms with Crippen molar-refractivity contribution in [2.24, 2.45) is 5.92 Å². The number of nitrogens with zero attached hydrogens (tertiary/aromatic N) is 1. The van der Waals surface area contributed by atoms with Crippen molar-refractivity contribution in [3.8, 4) is 0 Å². The van der Waals surface area contributed by atoms with E-state index in [1.54, 1.807) is 24.3 Å². The first kappa shape index (κ1) is 22.4. The van der Waals surface area contributed by atoms with Crippen LogP contribution in [-0.4, -0.2) is 35.1 Å². The van der Waals surface area contributed by atoms with Gasteiger partial charge in [-0.15, -0.1) is 0 Å². The number of benzene rings is 2. The van der Waals surface area contributed by atoms with Crippen molar-refractivity contribution in [2.75, 3.05) is 6.54 Å². The van der Waals surface area contributed by atoms with Crippen LogP contribution in [0.4, 0.5) is 0 Å². The van der Waals surface area contributed by atoms with Crippen molar-refractivity contribution in [3.05, 3.63) is 96.1 Å². The van der Waals surface area contributed by atoms with Gasteiger partial charge in [-0.3, -0.25) is 19.3 Å². The minimum Gasteiger partial charge on any atom is -0.373 e. The Bertz CT molecular complexity index is 945. The fraction of sp³-hybridized carbons (Fsp3) is 0.269. The lowest BCUT2D eigenvalue weighted by Gasteiger charge is -2.23. The Morgan fingerprint density at radius 1 is 1.03 bits per heavy atom. The molecule has 0 saturated heterocycles. The van der Waals surface area contributed by atoms with Gasteiger partial charge in [0.05, 0.1) is 23.8 Å². The molecule has 3 rings (SSSR count). The van der Waals surface area contributed by atoms with Gasteiger partial charge in [0, 0.05) is 12.5 Å². The van der Waals surface area contributed by atoms with Crippen LogP contribution in [0.15, 0.2) is 79.4 Å². The highest BCUT2D eigenvalue weighted by atomic mass is 16.5. The second kappa shape index (κ2) is 10.6. The van der Waals surface area contributed by atoms with Gasteiger partial charge >= 0.3 is 0 Å². The van der Waals surface area contributed by atoms with Gasteiger partial charge in [-0.05, 0) is 42.7 Å². The maximum absolute atomic E-state index is 12.6. The lowest BCUT2D eigenvalue weighted by Crippen LogP contribution is -2.32. The molecule has 0 radical (unpaired) electrons. The van der Waals surface area contributed by atoms with Gasteiger partial charge in [-0.2, -0.15) is 0 Å². The Morgan fingerprint density at radius 2 is 1.65 bits per heavy atom. The predicted octanol–water partition coefficient (Wildman–Crippen LogP) is 4.60. The molecule has 2 amide bonds. The molecular formula is C26H27NO4. The first-order valence-corrected chi connectivity index (χ1v) is 10.5. The third kappa shape index (κ3) is 5.64. The van der Waals surface area contributed by atoms with Gasteiger partial charge in [0.2, 0.25) is 0 Å². The van der Waals surface area contributed by atoms with Crippen LogP contribution >= 0.6 is 0 Å². The van der Waals surface area contributed by atoms with Gasteiger partial charge in [-0.25, -0.2) is 0 Å². The summed E-state index contributed by atoms with van der Waals surface area (Å²) in [5.74, 6) is -0.659. The molecule has 2 atom stereocenters. The van der Waals surface area contributed by atoms with E-state index >= 15 is 0 Å². The van der Waals surface area contributed by atoms with Crippen LogP contribution < -0.4 is 0 Å². The zero-order valence-corrected chi connectivity index (χ0v) is 17.7. The number of imide groups is 1. The molecule has 2 aromatic carbocycles. The van der Waals surface area contributed by atoms with Crippen molar-refractivity contribution in [2.45, 2.75) is 32.5 Å². The van der Waals surface area contributed by atoms with Gasteiger partial charge in [0.15, 0.2) is 5.78 Å². The van der Waals surface area contributed by atoms with Crippen LogP contribution in [0.5, 0.6) is 0 Å². The average molecular weight is 418 g/mol. The van der Waals surface area contributed by atoms with Crippen molar-refractivity contribution in [3.63, 3.8) is 0 Å². The number of ketones is 1. The number of rotatable bonds is 11. The number of hydrogen-bond acceptors (Lipinski definition) is 4. The van der Waals surface area contributed by atoms with Crippen molar-refractivity contribution in [1.82, 2.24) is 4.90 Å². The highest BCUT2D eigenvalue weighted by Crippen LogP contribution is 2.24. The Kier molecular flexibility index (Phi) is 7.68. The average Bonchev–Trinajstić information content (AvgIpc) is 3.05. The molecule has 0 N–H and O–H groups in total. The van der Waals surface area contributed by atoms with Crippen LogP contribution in [0, 0.1) is 5.92 Å². The smallest absolute Gasteiger partial charge is 0.261 e. The standard InChI is InChI=1S/C26H27NO4/c1-3-21(28)16-15-19(2)24(31-18-20-10-5-4-6-11-20)14-9-17-27-25(29)22-12-7-8-13-23(22)26(27)30/h3-8,10-13,15-16,19,24H,1,9,14,17-18H2,2H3/b16-15-/t19-,24+/m0/s1. The summed E-state index contributed by atoms with van der Waals surface area (Å²) >= 11 is 0. The third-order valence-corrected chi connectivity index (χ3v) is 5.41. The van der Waals surface area contributed by atoms with E-state index in [4.69, 9.17) is 4.74 Å². The normalized spacial score (nSPS) is 15.2. The van der Waals surface area contributed by atoms with E-state index in [9.17, 15) is 14.4 Å². The fourth-order valence-electron chi connectivity index (χ4n) is 3.61. The largest absolute Gasteiger partial charge is 0.373 e. The third-order valence-electron chi connectivity index (χ3n) is 5.41. The maximum Gasteiger partial charge on any atom is 0.261 e. The van der Waals surface area contributed by atoms with Gasteiger partial charge in [0.1, 0.15) is 0 Å². The molecule has 0 aromatic heterocycles. The van der Waals surface area contributed by atoms with E-state index in [0.717, 1.165) is 5.56 Å². The summed E-state index contributed by atoms with van der Waals surface area (Å²) in [6.07, 6.45) is 5.68. The maximum atomic E-state index is 12.6. The number of hydrogen-bond donors (Lipinski definition) is 0.